The summed E-state index contributed by atoms with van der Waals surface area (Å²) < 4.78 is 6.21. The Hall–Kier alpha value is -3.53. The number of thiocarbonyl (C=S) groups is 1. The van der Waals surface area contributed by atoms with Crippen LogP contribution in [0.3, 0.4) is 0 Å². The third-order valence-electron chi connectivity index (χ3n) is 5.64. The quantitative estimate of drug-likeness (QED) is 0.238. The van der Waals surface area contributed by atoms with Crippen molar-refractivity contribution >= 4 is 78.3 Å². The van der Waals surface area contributed by atoms with Crippen molar-refractivity contribution in [2.24, 2.45) is 0 Å². The van der Waals surface area contributed by atoms with Crippen LogP contribution in [0.25, 0.3) is 27.5 Å². The Labute approximate surface area is 225 Å². The fraction of sp³-hybridized carbons (Fsp3) is 0.0769. The summed E-state index contributed by atoms with van der Waals surface area (Å²) in [4.78, 5) is 14.6. The van der Waals surface area contributed by atoms with Gasteiger partial charge < -0.3 is 10.1 Å². The van der Waals surface area contributed by atoms with E-state index in [1.807, 2.05) is 61.5 Å². The first-order valence-electron chi connectivity index (χ1n) is 10.9. The number of ether oxygens (including phenoxy) is 1. The van der Waals surface area contributed by atoms with Gasteiger partial charge in [0.2, 0.25) is 0 Å². The van der Waals surface area contributed by atoms with Crippen LogP contribution in [0.5, 0.6) is 5.75 Å². The van der Waals surface area contributed by atoms with Crippen molar-refractivity contribution in [1.82, 2.24) is 20.3 Å². The highest BCUT2D eigenvalue weighted by molar-refractivity contribution is 9.10. The Morgan fingerprint density at radius 1 is 1.06 bits per heavy atom. The first-order valence-corrected chi connectivity index (χ1v) is 12.4. The van der Waals surface area contributed by atoms with E-state index < -0.39 is 0 Å². The van der Waals surface area contributed by atoms with E-state index in [4.69, 9.17) is 28.6 Å². The Morgan fingerprint density at radius 2 is 1.83 bits per heavy atom. The van der Waals surface area contributed by atoms with Crippen LogP contribution in [0.4, 0.5) is 5.69 Å². The zero-order chi connectivity index (χ0) is 25.4. The molecule has 10 heteroatoms. The molecule has 0 saturated carbocycles. The summed E-state index contributed by atoms with van der Waals surface area (Å²) in [6.45, 7) is 1.94. The number of hydrogen-bond acceptors (Lipinski definition) is 5. The predicted octanol–water partition coefficient (Wildman–Crippen LogP) is 6.43. The molecule has 1 aromatic heterocycles. The maximum Gasteiger partial charge on any atom is 0.261 e. The van der Waals surface area contributed by atoms with Gasteiger partial charge in [-0.15, -0.1) is 10.2 Å². The molecule has 0 atom stereocenters. The van der Waals surface area contributed by atoms with Crippen molar-refractivity contribution in [3.8, 4) is 11.4 Å². The summed E-state index contributed by atoms with van der Waals surface area (Å²) in [5.41, 5.74) is 4.13. The number of fused-ring (bicyclic) bond motifs is 2. The molecule has 36 heavy (non-hydrogen) atoms. The SMILES string of the molecule is COc1c(C(=O)NC(=S)Nc2ccc3nn(-c4ccc(C)c(Cl)c4)nc3c2)cc2ccccc2c1Br. The van der Waals surface area contributed by atoms with Gasteiger partial charge >= 0.3 is 0 Å². The summed E-state index contributed by atoms with van der Waals surface area (Å²) in [6.07, 6.45) is 0. The summed E-state index contributed by atoms with van der Waals surface area (Å²) in [5, 5.41) is 17.5. The molecule has 5 aromatic rings. The van der Waals surface area contributed by atoms with E-state index in [2.05, 4.69) is 36.8 Å². The van der Waals surface area contributed by atoms with E-state index in [0.717, 1.165) is 22.0 Å². The number of methoxy groups -OCH3 is 1. The van der Waals surface area contributed by atoms with Crippen LogP contribution in [0.2, 0.25) is 5.02 Å². The van der Waals surface area contributed by atoms with Crippen LogP contribution in [-0.4, -0.2) is 33.1 Å². The lowest BCUT2D eigenvalue weighted by Crippen LogP contribution is -2.34. The number of nitrogens with zero attached hydrogens (tertiary/aromatic N) is 3. The van der Waals surface area contributed by atoms with Crippen molar-refractivity contribution < 1.29 is 9.53 Å². The highest BCUT2D eigenvalue weighted by Gasteiger charge is 2.19. The molecule has 0 aliphatic heterocycles. The lowest BCUT2D eigenvalue weighted by Gasteiger charge is -2.14. The van der Waals surface area contributed by atoms with Gasteiger partial charge in [0, 0.05) is 10.7 Å². The van der Waals surface area contributed by atoms with E-state index in [1.165, 1.54) is 11.9 Å². The van der Waals surface area contributed by atoms with Crippen LogP contribution in [0.15, 0.2) is 71.2 Å². The summed E-state index contributed by atoms with van der Waals surface area (Å²) in [6, 6.07) is 20.6. The molecule has 0 spiro atoms. The third-order valence-corrected chi connectivity index (χ3v) is 7.04. The molecule has 2 N–H and O–H groups in total. The van der Waals surface area contributed by atoms with Crippen LogP contribution < -0.4 is 15.4 Å². The molecule has 0 aliphatic carbocycles. The third kappa shape index (κ3) is 4.65. The van der Waals surface area contributed by atoms with Crippen molar-refractivity contribution in [3.63, 3.8) is 0 Å². The van der Waals surface area contributed by atoms with E-state index in [0.29, 0.717) is 37.5 Å². The summed E-state index contributed by atoms with van der Waals surface area (Å²) >= 11 is 15.2. The van der Waals surface area contributed by atoms with Crippen molar-refractivity contribution in [2.45, 2.75) is 6.92 Å². The van der Waals surface area contributed by atoms with E-state index >= 15 is 0 Å². The molecule has 0 fully saturated rings. The zero-order valence-corrected chi connectivity index (χ0v) is 22.3. The van der Waals surface area contributed by atoms with E-state index in [9.17, 15) is 4.79 Å². The minimum Gasteiger partial charge on any atom is -0.495 e. The molecule has 0 radical (unpaired) electrons. The minimum atomic E-state index is -0.390. The molecular formula is C26H19BrClN5O2S. The Bertz CT molecular complexity index is 1670. The van der Waals surface area contributed by atoms with E-state index in [-0.39, 0.29) is 11.0 Å². The second kappa shape index (κ2) is 9.85. The number of halogens is 2. The minimum absolute atomic E-state index is 0.142. The fourth-order valence-electron chi connectivity index (χ4n) is 3.80. The maximum absolute atomic E-state index is 13.1. The largest absolute Gasteiger partial charge is 0.495 e. The van der Waals surface area contributed by atoms with Crippen LogP contribution >= 0.6 is 39.7 Å². The summed E-state index contributed by atoms with van der Waals surface area (Å²) in [7, 11) is 1.52. The topological polar surface area (TPSA) is 81.1 Å². The van der Waals surface area contributed by atoms with Gasteiger partial charge in [0.25, 0.3) is 5.91 Å². The van der Waals surface area contributed by atoms with Gasteiger partial charge in [0.1, 0.15) is 16.8 Å². The highest BCUT2D eigenvalue weighted by atomic mass is 79.9. The number of aryl methyl sites for hydroxylation is 1. The van der Waals surface area contributed by atoms with Gasteiger partial charge in [-0.3, -0.25) is 10.1 Å². The van der Waals surface area contributed by atoms with Crippen LogP contribution in [-0.2, 0) is 0 Å². The average molecular weight is 581 g/mol. The Balaban J connectivity index is 1.35. The lowest BCUT2D eigenvalue weighted by molar-refractivity contribution is 0.0975. The lowest BCUT2D eigenvalue weighted by atomic mass is 10.1. The number of amides is 1. The van der Waals surface area contributed by atoms with Gasteiger partial charge in [0.05, 0.1) is 22.8 Å². The number of nitrogens with one attached hydrogen (secondary N) is 2. The highest BCUT2D eigenvalue weighted by Crippen LogP contribution is 2.36. The average Bonchev–Trinajstić information content (AvgIpc) is 3.29. The second-order valence-electron chi connectivity index (χ2n) is 8.03. The van der Waals surface area contributed by atoms with Crippen molar-refractivity contribution in [3.05, 3.63) is 87.4 Å². The number of carbonyl (C=O) groups excluding carboxylic acids is 1. The van der Waals surface area contributed by atoms with Crippen molar-refractivity contribution in [1.29, 1.82) is 0 Å². The predicted molar refractivity (Wildman–Crippen MR) is 150 cm³/mol. The number of benzene rings is 4. The van der Waals surface area contributed by atoms with E-state index in [1.54, 1.807) is 12.1 Å². The molecule has 4 aromatic carbocycles. The van der Waals surface area contributed by atoms with Crippen LogP contribution in [0, 0.1) is 6.92 Å². The first kappa shape index (κ1) is 24.2. The number of carbonyl (C=O) groups is 1. The molecular weight excluding hydrogens is 562 g/mol. The molecule has 1 amide bonds. The normalized spacial score (nSPS) is 11.0. The molecule has 0 saturated heterocycles. The van der Waals surface area contributed by atoms with Gasteiger partial charge in [-0.25, -0.2) is 0 Å². The molecule has 180 valence electrons. The molecule has 0 bridgehead atoms. The molecule has 7 nitrogen and oxygen atoms in total. The monoisotopic (exact) mass is 579 g/mol. The fourth-order valence-corrected chi connectivity index (χ4v) is 4.92. The smallest absolute Gasteiger partial charge is 0.261 e. The standard InChI is InChI=1S/C26H19BrClN5O2S/c1-14-7-9-17(13-20(14)28)33-31-21-10-8-16(12-22(21)32-33)29-26(36)30-25(34)19-11-15-5-3-4-6-18(15)23(27)24(19)35-2/h3-13H,1-2H3,(H2,29,30,34,36). The van der Waals surface area contributed by atoms with Crippen molar-refractivity contribution in [2.75, 3.05) is 12.4 Å². The number of aromatic nitrogens is 3. The van der Waals surface area contributed by atoms with Crippen LogP contribution in [0.1, 0.15) is 15.9 Å². The Morgan fingerprint density at radius 3 is 2.61 bits per heavy atom. The first-order chi connectivity index (χ1) is 17.3. The number of rotatable bonds is 4. The molecule has 1 heterocycles. The number of hydrogen-bond donors (Lipinski definition) is 2. The summed E-state index contributed by atoms with van der Waals surface area (Å²) in [5.74, 6) is 0.0438. The molecule has 0 unspecified atom stereocenters. The van der Waals surface area contributed by atoms with Gasteiger partial charge in [-0.1, -0.05) is 41.9 Å². The Kier molecular flexibility index (Phi) is 6.61. The maximum atomic E-state index is 13.1. The zero-order valence-electron chi connectivity index (χ0n) is 19.2. The van der Waals surface area contributed by atoms with Gasteiger partial charge in [0.15, 0.2) is 5.11 Å². The van der Waals surface area contributed by atoms with Gasteiger partial charge in [-0.05, 0) is 87.8 Å². The molecule has 5 rings (SSSR count). The molecule has 0 aliphatic rings. The second-order valence-corrected chi connectivity index (χ2v) is 9.64. The van der Waals surface area contributed by atoms with Gasteiger partial charge in [-0.2, -0.15) is 4.80 Å². The number of anilines is 1.